The summed E-state index contributed by atoms with van der Waals surface area (Å²) in [5.41, 5.74) is 20.4. The van der Waals surface area contributed by atoms with Gasteiger partial charge in [0.2, 0.25) is 0 Å². The first kappa shape index (κ1) is 43.3. The Hall–Kier alpha value is -7.95. The molecule has 0 aliphatic rings. The van der Waals surface area contributed by atoms with Crippen LogP contribution in [0, 0.1) is 13.8 Å². The fourth-order valence-corrected chi connectivity index (χ4v) is 8.41. The van der Waals surface area contributed by atoms with Gasteiger partial charge in [0.1, 0.15) is 40.8 Å². The maximum atomic E-state index is 13.4. The van der Waals surface area contributed by atoms with Gasteiger partial charge in [0.05, 0.1) is 35.1 Å². The third-order valence-corrected chi connectivity index (χ3v) is 11.6. The van der Waals surface area contributed by atoms with Crippen molar-refractivity contribution in [2.75, 3.05) is 7.11 Å². The van der Waals surface area contributed by atoms with E-state index < -0.39 is 11.7 Å². The number of nitrogens with two attached hydrogens (primary N) is 2. The summed E-state index contributed by atoms with van der Waals surface area (Å²) >= 11 is 0. The summed E-state index contributed by atoms with van der Waals surface area (Å²) in [6, 6.07) is 16.4. The van der Waals surface area contributed by atoms with E-state index in [1.165, 1.54) is 12.1 Å². The molecule has 0 saturated carbocycles. The quantitative estimate of drug-likeness (QED) is 0.100. The maximum absolute atomic E-state index is 13.4. The number of halogens is 3. The smallest absolute Gasteiger partial charge is 0.416 e. The van der Waals surface area contributed by atoms with Gasteiger partial charge >= 0.3 is 6.18 Å². The molecule has 336 valence electrons. The minimum atomic E-state index is -4.46. The first-order valence-electron chi connectivity index (χ1n) is 21.3. The van der Waals surface area contributed by atoms with Crippen LogP contribution in [0.5, 0.6) is 11.5 Å². The number of aromatic nitrogens is 10. The van der Waals surface area contributed by atoms with E-state index in [-0.39, 0.29) is 6.61 Å². The highest BCUT2D eigenvalue weighted by Gasteiger charge is 2.30. The molecule has 0 radical (unpaired) electrons. The fourth-order valence-electron chi connectivity index (χ4n) is 8.41. The highest BCUT2D eigenvalue weighted by atomic mass is 19.4. The van der Waals surface area contributed by atoms with Crippen LogP contribution in [0.4, 0.5) is 13.2 Å². The second-order valence-electron chi connectivity index (χ2n) is 16.0. The van der Waals surface area contributed by atoms with Crippen molar-refractivity contribution in [3.8, 4) is 34.5 Å². The number of alkyl halides is 3. The Morgan fingerprint density at radius 1 is 0.682 bits per heavy atom. The zero-order valence-electron chi connectivity index (χ0n) is 37.1. The molecule has 0 saturated heterocycles. The van der Waals surface area contributed by atoms with Crippen LogP contribution in [-0.2, 0) is 39.0 Å². The molecule has 0 atom stereocenters. The van der Waals surface area contributed by atoms with Gasteiger partial charge in [0, 0.05) is 82.6 Å². The maximum Gasteiger partial charge on any atom is 0.416 e. The molecule has 3 aromatic carbocycles. The van der Waals surface area contributed by atoms with Gasteiger partial charge in [-0.05, 0) is 81.8 Å². The normalized spacial score (nSPS) is 12.1. The largest absolute Gasteiger partial charge is 0.495 e. The summed E-state index contributed by atoms with van der Waals surface area (Å²) < 4.78 is 60.6. The van der Waals surface area contributed by atoms with Crippen LogP contribution in [0.2, 0.25) is 0 Å². The number of benzene rings is 3. The Morgan fingerprint density at radius 2 is 1.15 bits per heavy atom. The number of nitrogens with zero attached hydrogens (tertiary/aromatic N) is 10. The van der Waals surface area contributed by atoms with Crippen LogP contribution in [0.3, 0.4) is 0 Å². The van der Waals surface area contributed by atoms with Crippen molar-refractivity contribution in [1.82, 2.24) is 48.6 Å². The van der Waals surface area contributed by atoms with Gasteiger partial charge in [-0.2, -0.15) is 23.4 Å². The number of aryl methyl sites for hydroxylation is 4. The molecule has 9 aromatic rings. The molecule has 6 heterocycles. The first-order valence-corrected chi connectivity index (χ1v) is 21.3. The van der Waals surface area contributed by atoms with Crippen LogP contribution in [-0.4, -0.2) is 55.7 Å². The molecule has 17 heteroatoms. The molecular formula is C49H47F3N12O2. The lowest BCUT2D eigenvalue weighted by Crippen LogP contribution is -2.06. The monoisotopic (exact) mass is 892 g/mol. The standard InChI is InChI=1S/C49H47F3N12O2/c1-8-63-39(18-27(3)59-63)45-55-24-37-35-20-32(29(5)53)22-41(65-7)43(35)61(47(37)57-45)16-10-11-17-62-44-36(38-25-56-46(58-48(38)62)40-19-28(4)60-64(40)9-2)21-33(30(6)54)23-42(44)66-26-31-12-14-34(15-13-31)49(50,51)52/h10-15,18-25H,5-6,8-9,16-17,26,53-54H2,1-4,7H3/b11-10+. The van der Waals surface area contributed by atoms with E-state index in [1.54, 1.807) is 19.4 Å². The summed E-state index contributed by atoms with van der Waals surface area (Å²) in [4.78, 5) is 19.9. The molecule has 0 aliphatic heterocycles. The SMILES string of the molecule is C=C(N)c1cc(OC)c2c(c1)c1cnc(-c3cc(C)nn3CC)nc1n2C/C=C/Cn1c2nc(-c3cc(C)nn3CC)ncc2c2cc(C(=C)N)cc(OCc3ccc(C(F)(F)F)cc3)c21. The minimum Gasteiger partial charge on any atom is -0.495 e. The Labute approximate surface area is 377 Å². The molecule has 0 amide bonds. The van der Waals surface area contributed by atoms with Crippen LogP contribution in [0.15, 0.2) is 98.4 Å². The zero-order valence-corrected chi connectivity index (χ0v) is 37.1. The lowest BCUT2D eigenvalue weighted by Gasteiger charge is -2.14. The second kappa shape index (κ2) is 16.9. The van der Waals surface area contributed by atoms with Gasteiger partial charge < -0.3 is 30.1 Å². The predicted molar refractivity (Wildman–Crippen MR) is 251 cm³/mol. The molecule has 6 aromatic heterocycles. The van der Waals surface area contributed by atoms with E-state index in [0.29, 0.717) is 88.7 Å². The van der Waals surface area contributed by atoms with Gasteiger partial charge in [0.15, 0.2) is 11.6 Å². The molecule has 14 nitrogen and oxygen atoms in total. The van der Waals surface area contributed by atoms with Crippen LogP contribution < -0.4 is 20.9 Å². The van der Waals surface area contributed by atoms with Gasteiger partial charge in [-0.3, -0.25) is 9.36 Å². The first-order chi connectivity index (χ1) is 31.7. The number of methoxy groups -OCH3 is 1. The third-order valence-electron chi connectivity index (χ3n) is 11.6. The van der Waals surface area contributed by atoms with Gasteiger partial charge in [-0.25, -0.2) is 19.9 Å². The Bertz CT molecular complexity index is 3410. The van der Waals surface area contributed by atoms with E-state index >= 15 is 0 Å². The average Bonchev–Trinajstić information content (AvgIpc) is 4.05. The van der Waals surface area contributed by atoms with Crippen molar-refractivity contribution in [3.05, 3.63) is 132 Å². The number of fused-ring (bicyclic) bond motifs is 6. The van der Waals surface area contributed by atoms with Crippen LogP contribution in [0.1, 0.15) is 47.5 Å². The van der Waals surface area contributed by atoms with Gasteiger partial charge in [0.25, 0.3) is 0 Å². The Morgan fingerprint density at radius 3 is 1.59 bits per heavy atom. The van der Waals surface area contributed by atoms with Crippen molar-refractivity contribution in [1.29, 1.82) is 0 Å². The number of rotatable bonds is 14. The lowest BCUT2D eigenvalue weighted by molar-refractivity contribution is -0.137. The zero-order chi connectivity index (χ0) is 46.6. The van der Waals surface area contributed by atoms with E-state index in [2.05, 4.69) is 27.9 Å². The van der Waals surface area contributed by atoms with E-state index in [0.717, 1.165) is 67.5 Å². The molecular weight excluding hydrogens is 846 g/mol. The second-order valence-corrected chi connectivity index (χ2v) is 16.0. The average molecular weight is 893 g/mol. The number of hydrogen-bond acceptors (Lipinski definition) is 10. The van der Waals surface area contributed by atoms with Crippen molar-refractivity contribution in [2.45, 2.75) is 66.7 Å². The summed E-state index contributed by atoms with van der Waals surface area (Å²) in [5.74, 6) is 2.05. The number of hydrogen-bond donors (Lipinski definition) is 2. The highest BCUT2D eigenvalue weighted by Crippen LogP contribution is 2.40. The Kier molecular flexibility index (Phi) is 11.1. The molecule has 0 spiro atoms. The summed E-state index contributed by atoms with van der Waals surface area (Å²) in [5, 5.41) is 12.4. The van der Waals surface area contributed by atoms with Crippen molar-refractivity contribution >= 4 is 55.3 Å². The molecule has 9 rings (SSSR count). The van der Waals surface area contributed by atoms with Crippen molar-refractivity contribution < 1.29 is 22.6 Å². The van der Waals surface area contributed by atoms with E-state index in [1.807, 2.05) is 90.3 Å². The predicted octanol–water partition coefficient (Wildman–Crippen LogP) is 9.59. The molecule has 4 N–H and O–H groups in total. The number of ether oxygens (including phenoxy) is 2. The van der Waals surface area contributed by atoms with Crippen LogP contribution in [0.25, 0.3) is 78.3 Å². The highest BCUT2D eigenvalue weighted by molar-refractivity contribution is 6.11. The molecule has 66 heavy (non-hydrogen) atoms. The fraction of sp³-hybridized carbons (Fsp3) is 0.224. The van der Waals surface area contributed by atoms with E-state index in [4.69, 9.17) is 40.9 Å². The van der Waals surface area contributed by atoms with Gasteiger partial charge in [-0.15, -0.1) is 0 Å². The third kappa shape index (κ3) is 7.75. The lowest BCUT2D eigenvalue weighted by atomic mass is 10.1. The van der Waals surface area contributed by atoms with Gasteiger partial charge in [-0.1, -0.05) is 37.4 Å². The minimum absolute atomic E-state index is 0.0196. The molecule has 0 unspecified atom stereocenters. The molecule has 0 aliphatic carbocycles. The van der Waals surface area contributed by atoms with E-state index in [9.17, 15) is 13.2 Å². The van der Waals surface area contributed by atoms with Crippen molar-refractivity contribution in [2.24, 2.45) is 11.5 Å². The van der Waals surface area contributed by atoms with Crippen LogP contribution >= 0.6 is 0 Å². The Balaban J connectivity index is 1.18. The number of allylic oxidation sites excluding steroid dienone is 2. The molecule has 0 fully saturated rings. The van der Waals surface area contributed by atoms with Crippen molar-refractivity contribution in [3.63, 3.8) is 0 Å². The molecule has 0 bridgehead atoms. The summed E-state index contributed by atoms with van der Waals surface area (Å²) in [6.07, 6.45) is 3.22. The summed E-state index contributed by atoms with van der Waals surface area (Å²) in [7, 11) is 1.62. The summed E-state index contributed by atoms with van der Waals surface area (Å²) in [6.45, 7) is 17.8. The topological polar surface area (TPSA) is 168 Å².